The van der Waals surface area contributed by atoms with Crippen molar-refractivity contribution in [3.8, 4) is 0 Å². The number of carbonyl (C=O) groups is 1. The third-order valence-electron chi connectivity index (χ3n) is 2.16. The van der Waals surface area contributed by atoms with Crippen LogP contribution < -0.4 is 5.32 Å². The van der Waals surface area contributed by atoms with Gasteiger partial charge in [-0.15, -0.1) is 0 Å². The molecule has 0 aliphatic rings. The fourth-order valence-corrected chi connectivity index (χ4v) is 1.77. The van der Waals surface area contributed by atoms with E-state index in [1.54, 1.807) is 25.3 Å². The Kier molecular flexibility index (Phi) is 3.74. The van der Waals surface area contributed by atoms with E-state index in [4.69, 9.17) is 23.2 Å². The van der Waals surface area contributed by atoms with E-state index < -0.39 is 0 Å². The highest BCUT2D eigenvalue weighted by molar-refractivity contribution is 6.32. The Morgan fingerprint density at radius 3 is 2.78 bits per heavy atom. The first kappa shape index (κ1) is 12.7. The second-order valence-corrected chi connectivity index (χ2v) is 4.16. The van der Waals surface area contributed by atoms with Crippen LogP contribution in [0.2, 0.25) is 10.4 Å². The highest BCUT2D eigenvalue weighted by atomic mass is 35.5. The van der Waals surface area contributed by atoms with Crippen LogP contribution in [0.5, 0.6) is 0 Å². The molecule has 1 amide bonds. The van der Waals surface area contributed by atoms with Gasteiger partial charge in [0.25, 0.3) is 5.91 Å². The van der Waals surface area contributed by atoms with Gasteiger partial charge in [0.2, 0.25) is 5.28 Å². The van der Waals surface area contributed by atoms with Gasteiger partial charge in [-0.2, -0.15) is 0 Å². The van der Waals surface area contributed by atoms with Crippen molar-refractivity contribution < 1.29 is 4.79 Å². The molecule has 0 saturated heterocycles. The summed E-state index contributed by atoms with van der Waals surface area (Å²) in [4.78, 5) is 23.5. The molecule has 0 aliphatic carbocycles. The molecule has 7 heteroatoms. The Morgan fingerprint density at radius 1 is 1.33 bits per heavy atom. The summed E-state index contributed by atoms with van der Waals surface area (Å²) in [7, 11) is 0. The SMILES string of the molecule is Cc1ncccc1C(=O)Nc1cc(Cl)nc(Cl)n1. The fraction of sp³-hybridized carbons (Fsp3) is 0.0909. The molecule has 92 valence electrons. The maximum atomic E-state index is 12.0. The average Bonchev–Trinajstić information content (AvgIpc) is 2.27. The van der Waals surface area contributed by atoms with Gasteiger partial charge >= 0.3 is 0 Å². The number of nitrogens with zero attached hydrogens (tertiary/aromatic N) is 3. The van der Waals surface area contributed by atoms with E-state index in [2.05, 4.69) is 20.3 Å². The fourth-order valence-electron chi connectivity index (χ4n) is 1.36. The topological polar surface area (TPSA) is 67.8 Å². The number of hydrogen-bond acceptors (Lipinski definition) is 4. The van der Waals surface area contributed by atoms with Crippen molar-refractivity contribution in [3.05, 3.63) is 46.1 Å². The van der Waals surface area contributed by atoms with Gasteiger partial charge in [-0.25, -0.2) is 9.97 Å². The van der Waals surface area contributed by atoms with E-state index in [9.17, 15) is 4.79 Å². The maximum Gasteiger partial charge on any atom is 0.258 e. The van der Waals surface area contributed by atoms with E-state index >= 15 is 0 Å². The number of carbonyl (C=O) groups excluding carboxylic acids is 1. The van der Waals surface area contributed by atoms with Crippen LogP contribution >= 0.6 is 23.2 Å². The van der Waals surface area contributed by atoms with Gasteiger partial charge in [0.05, 0.1) is 5.56 Å². The average molecular weight is 283 g/mol. The molecule has 5 nitrogen and oxygen atoms in total. The predicted molar refractivity (Wildman–Crippen MR) is 69.0 cm³/mol. The van der Waals surface area contributed by atoms with Crippen molar-refractivity contribution in [1.29, 1.82) is 0 Å². The second kappa shape index (κ2) is 5.29. The molecular formula is C11H8Cl2N4O. The van der Waals surface area contributed by atoms with Gasteiger partial charge in [0, 0.05) is 18.0 Å². The molecule has 0 radical (unpaired) electrons. The van der Waals surface area contributed by atoms with Gasteiger partial charge in [0.1, 0.15) is 11.0 Å². The number of aryl methyl sites for hydroxylation is 1. The summed E-state index contributed by atoms with van der Waals surface area (Å²) in [5.74, 6) is -0.0836. The van der Waals surface area contributed by atoms with Crippen molar-refractivity contribution >= 4 is 34.9 Å². The lowest BCUT2D eigenvalue weighted by molar-refractivity contribution is 0.102. The summed E-state index contributed by atoms with van der Waals surface area (Å²) in [5, 5.41) is 2.72. The van der Waals surface area contributed by atoms with Crippen LogP contribution in [0.1, 0.15) is 16.1 Å². The van der Waals surface area contributed by atoms with E-state index in [0.717, 1.165) is 0 Å². The zero-order valence-corrected chi connectivity index (χ0v) is 10.8. The van der Waals surface area contributed by atoms with Gasteiger partial charge < -0.3 is 5.32 Å². The quantitative estimate of drug-likeness (QED) is 0.679. The van der Waals surface area contributed by atoms with Gasteiger partial charge in [0.15, 0.2) is 0 Å². The van der Waals surface area contributed by atoms with Crippen LogP contribution in [0.4, 0.5) is 5.82 Å². The molecule has 0 fully saturated rings. The normalized spacial score (nSPS) is 10.2. The van der Waals surface area contributed by atoms with Crippen LogP contribution in [0.25, 0.3) is 0 Å². The van der Waals surface area contributed by atoms with Crippen LogP contribution in [-0.4, -0.2) is 20.9 Å². The molecule has 0 atom stereocenters. The number of halogens is 2. The standard InChI is InChI=1S/C11H8Cl2N4O/c1-6-7(3-2-4-14-6)10(18)16-9-5-8(12)15-11(13)17-9/h2-5H,1H3,(H,15,16,17,18). The lowest BCUT2D eigenvalue weighted by Crippen LogP contribution is -2.15. The largest absolute Gasteiger partial charge is 0.306 e. The number of anilines is 1. The summed E-state index contributed by atoms with van der Waals surface area (Å²) < 4.78 is 0. The zero-order valence-electron chi connectivity index (χ0n) is 9.32. The van der Waals surface area contributed by atoms with Gasteiger partial charge in [-0.05, 0) is 30.7 Å². The van der Waals surface area contributed by atoms with Crippen LogP contribution in [-0.2, 0) is 0 Å². The Hall–Kier alpha value is -1.72. The van der Waals surface area contributed by atoms with E-state index in [1.807, 2.05) is 0 Å². The summed E-state index contributed by atoms with van der Waals surface area (Å²) in [6.45, 7) is 1.74. The minimum atomic E-state index is -0.327. The highest BCUT2D eigenvalue weighted by Gasteiger charge is 2.11. The number of pyridine rings is 1. The Balaban J connectivity index is 2.24. The molecule has 18 heavy (non-hydrogen) atoms. The van der Waals surface area contributed by atoms with Crippen molar-refractivity contribution in [2.24, 2.45) is 0 Å². The van der Waals surface area contributed by atoms with Crippen molar-refractivity contribution in [2.45, 2.75) is 6.92 Å². The van der Waals surface area contributed by atoms with E-state index in [1.165, 1.54) is 6.07 Å². The first-order valence-electron chi connectivity index (χ1n) is 4.99. The molecule has 2 heterocycles. The Labute approximate surface area is 113 Å². The van der Waals surface area contributed by atoms with Crippen LogP contribution in [0.15, 0.2) is 24.4 Å². The number of amides is 1. The van der Waals surface area contributed by atoms with Crippen molar-refractivity contribution in [2.75, 3.05) is 5.32 Å². The highest BCUT2D eigenvalue weighted by Crippen LogP contribution is 2.15. The molecule has 0 aromatic carbocycles. The first-order chi connectivity index (χ1) is 8.56. The lowest BCUT2D eigenvalue weighted by Gasteiger charge is -2.06. The minimum absolute atomic E-state index is 0.0271. The van der Waals surface area contributed by atoms with Crippen LogP contribution in [0, 0.1) is 6.92 Å². The smallest absolute Gasteiger partial charge is 0.258 e. The molecule has 2 rings (SSSR count). The molecule has 0 aliphatic heterocycles. The van der Waals surface area contributed by atoms with Crippen LogP contribution in [0.3, 0.4) is 0 Å². The Bertz CT molecular complexity index is 583. The van der Waals surface area contributed by atoms with Crippen molar-refractivity contribution in [3.63, 3.8) is 0 Å². The minimum Gasteiger partial charge on any atom is -0.306 e. The summed E-state index contributed by atoms with van der Waals surface area (Å²) in [6, 6.07) is 4.76. The number of nitrogens with one attached hydrogen (secondary N) is 1. The van der Waals surface area contributed by atoms with E-state index in [0.29, 0.717) is 11.3 Å². The molecule has 1 N–H and O–H groups in total. The maximum absolute atomic E-state index is 12.0. The summed E-state index contributed by atoms with van der Waals surface area (Å²) in [5.41, 5.74) is 1.09. The van der Waals surface area contributed by atoms with E-state index in [-0.39, 0.29) is 22.2 Å². The monoisotopic (exact) mass is 282 g/mol. The molecule has 0 bridgehead atoms. The third-order valence-corrected chi connectivity index (χ3v) is 2.52. The Morgan fingerprint density at radius 2 is 2.11 bits per heavy atom. The predicted octanol–water partition coefficient (Wildman–Crippen LogP) is 2.74. The molecule has 0 unspecified atom stereocenters. The number of aromatic nitrogens is 3. The molecule has 2 aromatic heterocycles. The molecule has 0 saturated carbocycles. The molecule has 2 aromatic rings. The summed E-state index contributed by atoms with van der Waals surface area (Å²) in [6.07, 6.45) is 1.62. The third kappa shape index (κ3) is 2.94. The summed E-state index contributed by atoms with van der Waals surface area (Å²) >= 11 is 11.4. The van der Waals surface area contributed by atoms with Gasteiger partial charge in [-0.3, -0.25) is 9.78 Å². The zero-order chi connectivity index (χ0) is 13.1. The number of rotatable bonds is 2. The first-order valence-corrected chi connectivity index (χ1v) is 5.75. The lowest BCUT2D eigenvalue weighted by atomic mass is 10.2. The number of hydrogen-bond donors (Lipinski definition) is 1. The molecular weight excluding hydrogens is 275 g/mol. The van der Waals surface area contributed by atoms with Crippen molar-refractivity contribution in [1.82, 2.24) is 15.0 Å². The molecule has 0 spiro atoms. The second-order valence-electron chi connectivity index (χ2n) is 3.44. The van der Waals surface area contributed by atoms with Gasteiger partial charge in [-0.1, -0.05) is 11.6 Å².